The largest absolute Gasteiger partial charge is 0.374 e. The van der Waals surface area contributed by atoms with Crippen LogP contribution in [0.15, 0.2) is 48.7 Å². The molecule has 0 spiro atoms. The first kappa shape index (κ1) is 25.3. The van der Waals surface area contributed by atoms with E-state index in [2.05, 4.69) is 20.8 Å². The number of carbonyl (C=O) groups is 2. The molecule has 0 saturated heterocycles. The van der Waals surface area contributed by atoms with Gasteiger partial charge in [0.2, 0.25) is 5.91 Å². The highest BCUT2D eigenvalue weighted by Crippen LogP contribution is 2.18. The number of hydrogen-bond donors (Lipinski definition) is 3. The number of rotatable bonds is 11. The fourth-order valence-corrected chi connectivity index (χ4v) is 3.23. The number of aromatic nitrogens is 3. The Hall–Kier alpha value is -3.34. The third-order valence-corrected chi connectivity index (χ3v) is 5.15. The number of nitrogens with two attached hydrogens (primary N) is 1. The van der Waals surface area contributed by atoms with Crippen molar-refractivity contribution in [2.75, 3.05) is 33.8 Å². The van der Waals surface area contributed by atoms with Crippen LogP contribution in [0.2, 0.25) is 0 Å². The van der Waals surface area contributed by atoms with Crippen LogP contribution in [0.5, 0.6) is 0 Å². The average molecular weight is 468 g/mol. The molecule has 1 atom stereocenters. The summed E-state index contributed by atoms with van der Waals surface area (Å²) < 4.78 is 7.60. The van der Waals surface area contributed by atoms with E-state index in [1.165, 1.54) is 0 Å². The maximum atomic E-state index is 12.7. The van der Waals surface area contributed by atoms with Crippen molar-refractivity contribution >= 4 is 17.5 Å². The number of carbonyl (C=O) groups excluding carboxylic acids is 2. The Labute approximate surface area is 199 Å². The smallest absolute Gasteiger partial charge is 0.255 e. The van der Waals surface area contributed by atoms with E-state index in [1.54, 1.807) is 36.6 Å². The van der Waals surface area contributed by atoms with E-state index in [0.29, 0.717) is 36.7 Å². The number of nitrogens with one attached hydrogen (secondary N) is 2. The highest BCUT2D eigenvalue weighted by molar-refractivity contribution is 5.99. The van der Waals surface area contributed by atoms with E-state index >= 15 is 0 Å². The summed E-state index contributed by atoms with van der Waals surface area (Å²) in [4.78, 5) is 27.4. The lowest BCUT2D eigenvalue weighted by Gasteiger charge is -2.23. The third kappa shape index (κ3) is 6.60. The first-order chi connectivity index (χ1) is 16.2. The minimum Gasteiger partial charge on any atom is -0.374 e. The molecule has 182 valence electrons. The average Bonchev–Trinajstić information content (AvgIpc) is 3.22. The van der Waals surface area contributed by atoms with E-state index in [1.807, 2.05) is 49.3 Å². The minimum atomic E-state index is -1.09. The zero-order valence-electron chi connectivity index (χ0n) is 20.1. The highest BCUT2D eigenvalue weighted by atomic mass is 16.5. The highest BCUT2D eigenvalue weighted by Gasteiger charge is 2.28. The fourth-order valence-electron chi connectivity index (χ4n) is 3.23. The van der Waals surface area contributed by atoms with Crippen molar-refractivity contribution in [2.24, 2.45) is 5.73 Å². The summed E-state index contributed by atoms with van der Waals surface area (Å²) in [6.07, 6.45) is 1.76. The molecule has 0 aliphatic rings. The van der Waals surface area contributed by atoms with Gasteiger partial charge in [-0.2, -0.15) is 0 Å². The molecule has 0 fully saturated rings. The third-order valence-electron chi connectivity index (χ3n) is 5.15. The molecule has 4 N–H and O–H groups in total. The minimum absolute atomic E-state index is 0.150. The van der Waals surface area contributed by atoms with Crippen LogP contribution in [-0.2, 0) is 16.1 Å². The normalized spacial score (nSPS) is 12.6. The molecule has 2 heterocycles. The molecule has 0 aliphatic heterocycles. The van der Waals surface area contributed by atoms with Gasteiger partial charge in [-0.15, -0.1) is 10.2 Å². The van der Waals surface area contributed by atoms with E-state index < -0.39 is 11.6 Å². The number of nitrogens with zero attached hydrogens (tertiary/aromatic N) is 4. The number of likely N-dealkylation sites (N-methyl/N-ethyl adjacent to an activating group) is 1. The number of hydrogen-bond acceptors (Lipinski definition) is 7. The summed E-state index contributed by atoms with van der Waals surface area (Å²) >= 11 is 0. The zero-order valence-corrected chi connectivity index (χ0v) is 20.1. The van der Waals surface area contributed by atoms with Crippen LogP contribution in [0.4, 0.5) is 0 Å². The first-order valence-corrected chi connectivity index (χ1v) is 11.1. The van der Waals surface area contributed by atoms with Crippen molar-refractivity contribution in [3.05, 3.63) is 65.6 Å². The Morgan fingerprint density at radius 3 is 2.56 bits per heavy atom. The molecule has 10 nitrogen and oxygen atoms in total. The lowest BCUT2D eigenvalue weighted by Crippen LogP contribution is -2.50. The summed E-state index contributed by atoms with van der Waals surface area (Å²) in [6, 6.07) is 12.6. The molecule has 3 rings (SSSR count). The van der Waals surface area contributed by atoms with E-state index in [0.717, 1.165) is 5.56 Å². The Morgan fingerprint density at radius 1 is 1.15 bits per heavy atom. The maximum absolute atomic E-state index is 12.7. The molecule has 1 aromatic carbocycles. The lowest BCUT2D eigenvalue weighted by molar-refractivity contribution is -0.126. The van der Waals surface area contributed by atoms with Gasteiger partial charge in [-0.05, 0) is 45.6 Å². The molecule has 0 unspecified atom stereocenters. The summed E-state index contributed by atoms with van der Waals surface area (Å²) in [5, 5.41) is 14.3. The SMILES string of the molecule is CN(C)CCNC(=O)c1cccn2c([C@@H](COCc3ccccc3)NC(=O)C(C)(C)N)nnc12. The molecule has 2 aromatic heterocycles. The summed E-state index contributed by atoms with van der Waals surface area (Å²) in [7, 11) is 3.88. The molecule has 0 radical (unpaired) electrons. The van der Waals surface area contributed by atoms with Crippen molar-refractivity contribution in [3.63, 3.8) is 0 Å². The van der Waals surface area contributed by atoms with Crippen molar-refractivity contribution in [1.29, 1.82) is 0 Å². The summed E-state index contributed by atoms with van der Waals surface area (Å²) in [5.74, 6) is -0.144. The van der Waals surface area contributed by atoms with Crippen LogP contribution in [0, 0.1) is 0 Å². The standard InChI is InChI=1S/C24H33N7O3/c1-24(2,25)23(33)27-19(16-34-15-17-9-6-5-7-10-17)21-29-28-20-18(11-8-13-31(20)21)22(32)26-12-14-30(3)4/h5-11,13,19H,12,14-16,25H2,1-4H3,(H,26,32)(H,27,33)/t19-/m1/s1. The number of fused-ring (bicyclic) bond motifs is 1. The summed E-state index contributed by atoms with van der Waals surface area (Å²) in [5.41, 5.74) is 6.71. The van der Waals surface area contributed by atoms with Crippen molar-refractivity contribution in [2.45, 2.75) is 32.0 Å². The topological polar surface area (TPSA) is 127 Å². The molecule has 0 bridgehead atoms. The van der Waals surface area contributed by atoms with Crippen LogP contribution in [0.3, 0.4) is 0 Å². The number of ether oxygens (including phenoxy) is 1. The molecule has 0 aliphatic carbocycles. The zero-order chi connectivity index (χ0) is 24.7. The predicted octanol–water partition coefficient (Wildman–Crippen LogP) is 1.13. The number of benzene rings is 1. The Kier molecular flexibility index (Phi) is 8.32. The van der Waals surface area contributed by atoms with Gasteiger partial charge >= 0.3 is 0 Å². The van der Waals surface area contributed by atoms with Crippen molar-refractivity contribution < 1.29 is 14.3 Å². The lowest BCUT2D eigenvalue weighted by atomic mass is 10.1. The van der Waals surface area contributed by atoms with Gasteiger partial charge < -0.3 is 26.0 Å². The van der Waals surface area contributed by atoms with Crippen molar-refractivity contribution in [1.82, 2.24) is 30.1 Å². The molecular weight excluding hydrogens is 434 g/mol. The molecule has 0 saturated carbocycles. The van der Waals surface area contributed by atoms with Crippen LogP contribution in [0.25, 0.3) is 5.65 Å². The van der Waals surface area contributed by atoms with Gasteiger partial charge in [0.25, 0.3) is 5.91 Å². The van der Waals surface area contributed by atoms with Gasteiger partial charge in [-0.3, -0.25) is 14.0 Å². The molecular formula is C24H33N7O3. The number of pyridine rings is 1. The maximum Gasteiger partial charge on any atom is 0.255 e. The second-order valence-corrected chi connectivity index (χ2v) is 8.98. The predicted molar refractivity (Wildman–Crippen MR) is 129 cm³/mol. The second kappa shape index (κ2) is 11.2. The van der Waals surface area contributed by atoms with Crippen molar-refractivity contribution in [3.8, 4) is 0 Å². The van der Waals surface area contributed by atoms with Gasteiger partial charge in [0, 0.05) is 19.3 Å². The monoisotopic (exact) mass is 467 g/mol. The molecule has 2 amide bonds. The van der Waals surface area contributed by atoms with Gasteiger partial charge in [0.1, 0.15) is 6.04 Å². The van der Waals surface area contributed by atoms with Crippen LogP contribution >= 0.6 is 0 Å². The van der Waals surface area contributed by atoms with Gasteiger partial charge in [0.15, 0.2) is 11.5 Å². The second-order valence-electron chi connectivity index (χ2n) is 8.98. The Balaban J connectivity index is 1.84. The molecule has 10 heteroatoms. The summed E-state index contributed by atoms with van der Waals surface area (Å²) in [6.45, 7) is 5.00. The fraction of sp³-hybridized carbons (Fsp3) is 0.417. The first-order valence-electron chi connectivity index (χ1n) is 11.1. The van der Waals surface area contributed by atoms with E-state index in [4.69, 9.17) is 10.5 Å². The molecule has 34 heavy (non-hydrogen) atoms. The van der Waals surface area contributed by atoms with E-state index in [-0.39, 0.29) is 18.4 Å². The quantitative estimate of drug-likeness (QED) is 0.386. The Morgan fingerprint density at radius 2 is 1.88 bits per heavy atom. The van der Waals surface area contributed by atoms with E-state index in [9.17, 15) is 9.59 Å². The van der Waals surface area contributed by atoms with Crippen LogP contribution in [-0.4, -0.2) is 70.6 Å². The van der Waals surface area contributed by atoms with Crippen LogP contribution in [0.1, 0.15) is 41.6 Å². The van der Waals surface area contributed by atoms with Gasteiger partial charge in [-0.1, -0.05) is 30.3 Å². The van der Waals surface area contributed by atoms with Gasteiger partial charge in [-0.25, -0.2) is 0 Å². The van der Waals surface area contributed by atoms with Gasteiger partial charge in [0.05, 0.1) is 24.3 Å². The van der Waals surface area contributed by atoms with Crippen LogP contribution < -0.4 is 16.4 Å². The Bertz CT molecular complexity index is 1110. The molecule has 3 aromatic rings. The number of amides is 2.